The van der Waals surface area contributed by atoms with Crippen molar-refractivity contribution in [2.75, 3.05) is 5.75 Å². The van der Waals surface area contributed by atoms with Gasteiger partial charge in [-0.1, -0.05) is 23.5 Å². The third kappa shape index (κ3) is 4.83. The van der Waals surface area contributed by atoms with Crippen LogP contribution in [0.1, 0.15) is 19.8 Å². The summed E-state index contributed by atoms with van der Waals surface area (Å²) >= 11 is 3.27. The summed E-state index contributed by atoms with van der Waals surface area (Å²) in [6.45, 7) is 2.20. The van der Waals surface area contributed by atoms with Crippen LogP contribution in [0, 0.1) is 0 Å². The smallest absolute Gasteiger partial charge is 0.00424 e. The van der Waals surface area contributed by atoms with Gasteiger partial charge in [-0.2, -0.15) is 0 Å². The van der Waals surface area contributed by atoms with Gasteiger partial charge in [0, 0.05) is 5.75 Å². The highest BCUT2D eigenvalue weighted by Crippen LogP contribution is 2.10. The lowest BCUT2D eigenvalue weighted by Crippen LogP contribution is -1.68. The summed E-state index contributed by atoms with van der Waals surface area (Å²) in [5.41, 5.74) is 0. The Morgan fingerprint density at radius 2 is 2.33 bits per heavy atom. The van der Waals surface area contributed by atoms with Crippen LogP contribution < -0.4 is 0 Å². The molecule has 0 radical (unpaired) electrons. The second-order valence-electron chi connectivity index (χ2n) is 1.17. The highest BCUT2D eigenvalue weighted by atomic mass is 79.9. The van der Waals surface area contributed by atoms with E-state index in [2.05, 4.69) is 21.7 Å². The minimum Gasteiger partial charge on any atom is -0.0836 e. The second-order valence-corrected chi connectivity index (χ2v) is 3.17. The van der Waals surface area contributed by atoms with Crippen molar-refractivity contribution in [3.05, 3.63) is 0 Å². The van der Waals surface area contributed by atoms with Gasteiger partial charge >= 0.3 is 0 Å². The summed E-state index contributed by atoms with van der Waals surface area (Å²) in [7, 11) is 1.74. The zero-order valence-corrected chi connectivity index (χ0v) is 6.31. The van der Waals surface area contributed by atoms with Gasteiger partial charge in [0.15, 0.2) is 0 Å². The monoisotopic (exact) mass is 168 g/mol. The molecule has 0 spiro atoms. The van der Waals surface area contributed by atoms with E-state index in [0.717, 1.165) is 0 Å². The van der Waals surface area contributed by atoms with E-state index >= 15 is 0 Å². The van der Waals surface area contributed by atoms with Crippen molar-refractivity contribution < 1.29 is 0 Å². The second kappa shape index (κ2) is 5.83. The third-order valence-corrected chi connectivity index (χ3v) is 1.99. The van der Waals surface area contributed by atoms with Crippen molar-refractivity contribution in [3.63, 3.8) is 0 Å². The summed E-state index contributed by atoms with van der Waals surface area (Å²) in [5.74, 6) is 1.25. The van der Waals surface area contributed by atoms with E-state index in [1.54, 1.807) is 10.2 Å². The number of hydrogen-bond donors (Lipinski definition) is 0. The maximum absolute atomic E-state index is 3.27. The molecule has 0 saturated carbocycles. The summed E-state index contributed by atoms with van der Waals surface area (Å²) in [5, 5.41) is 0. The van der Waals surface area contributed by atoms with Crippen LogP contribution in [0.3, 0.4) is 0 Å². The highest BCUT2D eigenvalue weighted by Gasteiger charge is 1.77. The molecule has 2 heteroatoms. The Balaban J connectivity index is 2.34. The molecule has 0 aromatic rings. The van der Waals surface area contributed by atoms with Crippen LogP contribution in [-0.4, -0.2) is 5.75 Å². The molecule has 0 aromatic heterocycles. The fourth-order valence-electron chi connectivity index (χ4n) is 0.199. The van der Waals surface area contributed by atoms with Crippen molar-refractivity contribution in [1.29, 1.82) is 0 Å². The normalized spacial score (nSPS) is 9.00. The number of unbranched alkanes of at least 4 members (excludes halogenated alkanes) is 1. The molecule has 38 valence electrons. The summed E-state index contributed by atoms with van der Waals surface area (Å²) < 4.78 is 0. The average molecular weight is 169 g/mol. The quantitative estimate of drug-likeness (QED) is 0.585. The molecule has 0 fully saturated rings. The molecule has 0 saturated heterocycles. The summed E-state index contributed by atoms with van der Waals surface area (Å²) in [6.07, 6.45) is 2.63. The van der Waals surface area contributed by atoms with Gasteiger partial charge in [-0.05, 0) is 21.2 Å². The molecule has 0 heterocycles. The molecule has 0 bridgehead atoms. The number of halogens is 1. The summed E-state index contributed by atoms with van der Waals surface area (Å²) in [4.78, 5) is 0. The predicted octanol–water partition coefficient (Wildman–Crippen LogP) is 2.83. The first kappa shape index (κ1) is 6.83. The van der Waals surface area contributed by atoms with Gasteiger partial charge in [-0.25, -0.2) is 0 Å². The highest BCUT2D eigenvalue weighted by molar-refractivity contribution is 9.50. The van der Waals surface area contributed by atoms with Crippen LogP contribution in [0.25, 0.3) is 0 Å². The van der Waals surface area contributed by atoms with Gasteiger partial charge < -0.3 is 0 Å². The SMILES string of the molecule is CCCCSBr. The molecule has 6 heavy (non-hydrogen) atoms. The van der Waals surface area contributed by atoms with E-state index in [4.69, 9.17) is 0 Å². The van der Waals surface area contributed by atoms with E-state index in [1.807, 2.05) is 0 Å². The molecule has 0 rings (SSSR count). The van der Waals surface area contributed by atoms with Crippen LogP contribution in [-0.2, 0) is 0 Å². The van der Waals surface area contributed by atoms with E-state index in [0.29, 0.717) is 0 Å². The molecule has 0 aliphatic heterocycles. The lowest BCUT2D eigenvalue weighted by atomic mass is 10.4. The van der Waals surface area contributed by atoms with Crippen molar-refractivity contribution in [1.82, 2.24) is 0 Å². The standard InChI is InChI=1S/C4H9BrS/c1-2-3-4-6-5/h2-4H2,1H3. The Kier molecular flexibility index (Phi) is 6.64. The first-order valence-corrected chi connectivity index (χ1v) is 4.98. The van der Waals surface area contributed by atoms with Crippen molar-refractivity contribution in [2.24, 2.45) is 0 Å². The van der Waals surface area contributed by atoms with E-state index < -0.39 is 0 Å². The average Bonchev–Trinajstić information content (AvgIpc) is 1.61. The van der Waals surface area contributed by atoms with Gasteiger partial charge in [-0.15, -0.1) is 0 Å². The van der Waals surface area contributed by atoms with Crippen LogP contribution in [0.4, 0.5) is 0 Å². The molecule has 0 aromatic carbocycles. The van der Waals surface area contributed by atoms with E-state index in [9.17, 15) is 0 Å². The van der Waals surface area contributed by atoms with Crippen molar-refractivity contribution >= 4 is 25.0 Å². The Morgan fingerprint density at radius 3 is 2.50 bits per heavy atom. The maximum atomic E-state index is 3.27. The Hall–Kier alpha value is 0.830. The molecule has 0 atom stereocenters. The Labute approximate surface area is 50.9 Å². The Bertz CT molecular complexity index is 19.5. The van der Waals surface area contributed by atoms with Crippen LogP contribution in [0.5, 0.6) is 0 Å². The van der Waals surface area contributed by atoms with E-state index in [-0.39, 0.29) is 0 Å². The molecule has 0 N–H and O–H groups in total. The van der Waals surface area contributed by atoms with Gasteiger partial charge in [0.05, 0.1) is 0 Å². The van der Waals surface area contributed by atoms with Crippen LogP contribution in [0.2, 0.25) is 0 Å². The lowest BCUT2D eigenvalue weighted by Gasteiger charge is -1.84. The van der Waals surface area contributed by atoms with Crippen LogP contribution >= 0.6 is 25.0 Å². The van der Waals surface area contributed by atoms with Gasteiger partial charge in [0.1, 0.15) is 0 Å². The molecule has 0 aliphatic rings. The fourth-order valence-corrected chi connectivity index (χ4v) is 1.28. The van der Waals surface area contributed by atoms with E-state index in [1.165, 1.54) is 18.6 Å². The van der Waals surface area contributed by atoms with Gasteiger partial charge in [-0.3, -0.25) is 0 Å². The molecule has 0 unspecified atom stereocenters. The largest absolute Gasteiger partial charge is 0.0836 e. The minimum absolute atomic E-state index is 1.25. The third-order valence-electron chi connectivity index (χ3n) is 0.575. The molecular weight excluding hydrogens is 160 g/mol. The maximum Gasteiger partial charge on any atom is 0.00424 e. The summed E-state index contributed by atoms with van der Waals surface area (Å²) in [6, 6.07) is 0. The predicted molar refractivity (Wildman–Crippen MR) is 36.3 cm³/mol. The topological polar surface area (TPSA) is 0 Å². The van der Waals surface area contributed by atoms with Crippen molar-refractivity contribution in [3.8, 4) is 0 Å². The molecule has 0 amide bonds. The van der Waals surface area contributed by atoms with Gasteiger partial charge in [0.25, 0.3) is 0 Å². The molecular formula is C4H9BrS. The van der Waals surface area contributed by atoms with Crippen LogP contribution in [0.15, 0.2) is 0 Å². The molecule has 0 aliphatic carbocycles. The minimum atomic E-state index is 1.25. The number of hydrogen-bond acceptors (Lipinski definition) is 1. The van der Waals surface area contributed by atoms with Gasteiger partial charge in [0.2, 0.25) is 0 Å². The molecule has 0 nitrogen and oxygen atoms in total. The Morgan fingerprint density at radius 1 is 1.67 bits per heavy atom. The fraction of sp³-hybridized carbons (Fsp3) is 1.00. The lowest BCUT2D eigenvalue weighted by molar-refractivity contribution is 0.898. The zero-order valence-electron chi connectivity index (χ0n) is 3.91. The first-order valence-electron chi connectivity index (χ1n) is 2.15. The zero-order chi connectivity index (χ0) is 4.83. The number of rotatable bonds is 3. The first-order chi connectivity index (χ1) is 2.91. The van der Waals surface area contributed by atoms with Crippen molar-refractivity contribution in [2.45, 2.75) is 19.8 Å².